The molecular formula is C64H67N21+2. The van der Waals surface area contributed by atoms with E-state index < -0.39 is 0 Å². The first kappa shape index (κ1) is 51.5. The second kappa shape index (κ2) is 20.6. The highest BCUT2D eigenvalue weighted by atomic mass is 15.4. The van der Waals surface area contributed by atoms with Gasteiger partial charge in [0, 0.05) is 99.2 Å². The molecule has 6 N–H and O–H groups in total. The lowest BCUT2D eigenvalue weighted by Gasteiger charge is -2.68. The van der Waals surface area contributed by atoms with E-state index in [1.165, 1.54) is 32.1 Å². The van der Waals surface area contributed by atoms with Crippen LogP contribution >= 0.6 is 0 Å². The molecule has 12 heterocycles. The number of nitrogens with one attached hydrogen (secondary N) is 6. The van der Waals surface area contributed by atoms with Gasteiger partial charge in [-0.2, -0.15) is 5.10 Å². The molecule has 2 bridgehead atoms. The summed E-state index contributed by atoms with van der Waals surface area (Å²) in [5.41, 5.74) is 16.6. The Kier molecular flexibility index (Phi) is 12.4. The number of hydrogen-bond donors (Lipinski definition) is 6. The van der Waals surface area contributed by atoms with Gasteiger partial charge in [-0.25, -0.2) is 33.6 Å². The average molecular weight is 1130 g/mol. The van der Waals surface area contributed by atoms with Crippen molar-refractivity contribution in [2.75, 3.05) is 0 Å². The molecule has 0 spiro atoms. The van der Waals surface area contributed by atoms with Gasteiger partial charge in [0.2, 0.25) is 0 Å². The van der Waals surface area contributed by atoms with Crippen LogP contribution in [0.15, 0.2) is 129 Å². The van der Waals surface area contributed by atoms with Crippen molar-refractivity contribution in [2.45, 2.75) is 140 Å². The van der Waals surface area contributed by atoms with Gasteiger partial charge in [0.1, 0.15) is 47.6 Å². The molecule has 5 saturated carbocycles. The van der Waals surface area contributed by atoms with E-state index in [2.05, 4.69) is 111 Å². The molecule has 0 saturated heterocycles. The smallest absolute Gasteiger partial charge is 0.266 e. The highest BCUT2D eigenvalue weighted by Crippen LogP contribution is 2.62. The highest BCUT2D eigenvalue weighted by Gasteiger charge is 2.71. The molecule has 5 aliphatic rings. The number of pyridine rings is 6. The number of aromatic amines is 3. The summed E-state index contributed by atoms with van der Waals surface area (Å²) in [6.07, 6.45) is 24.2. The van der Waals surface area contributed by atoms with Crippen LogP contribution in [-0.2, 0) is 25.2 Å². The first-order valence-electron chi connectivity index (χ1n) is 30.0. The molecule has 426 valence electrons. The Hall–Kier alpha value is -9.18. The largest absolute Gasteiger partial charge is 0.339 e. The summed E-state index contributed by atoms with van der Waals surface area (Å²) in [5.74, 6) is 2.65. The molecule has 12 aromatic heterocycles. The average Bonchev–Trinajstić information content (AvgIpc) is 1.48. The van der Waals surface area contributed by atoms with Crippen molar-refractivity contribution in [2.24, 2.45) is 0 Å². The zero-order valence-corrected chi connectivity index (χ0v) is 48.0. The summed E-state index contributed by atoms with van der Waals surface area (Å²) in [4.78, 5) is 45.6. The fraction of sp³-hybridized carbons (Fsp3) is 0.344. The lowest BCUT2D eigenvalue weighted by molar-refractivity contribution is -0.787. The van der Waals surface area contributed by atoms with Gasteiger partial charge in [-0.15, -0.1) is 0 Å². The zero-order valence-electron chi connectivity index (χ0n) is 48.0. The molecule has 0 radical (unpaired) electrons. The SMILES string of the molecule is Cc1cccc(-c2[nH]c(CNC3CCCCC3)nc2-c2ccc3n(c2)nc[n+]3C2CCC(NCc3nc(-c4ccc5n(c4)nc[n+]5C45CC(NCc6nc(-c7ccc8ncnn8c7)c(-c7cccc(C)n7)[nH]6)(C4)C5)c(-c4cccc(C)n4)[nH]3)C2)n1. The van der Waals surface area contributed by atoms with Gasteiger partial charge < -0.3 is 30.9 Å². The normalized spacial score (nSPS) is 20.5. The Labute approximate surface area is 489 Å². The van der Waals surface area contributed by atoms with Crippen molar-refractivity contribution in [1.29, 1.82) is 0 Å². The van der Waals surface area contributed by atoms with Crippen LogP contribution < -0.4 is 25.1 Å². The molecule has 0 aliphatic heterocycles. The molecule has 5 fully saturated rings. The zero-order chi connectivity index (χ0) is 56.8. The van der Waals surface area contributed by atoms with Gasteiger partial charge in [0.05, 0.1) is 71.1 Å². The summed E-state index contributed by atoms with van der Waals surface area (Å²) in [7, 11) is 0. The lowest BCUT2D eigenvalue weighted by Crippen LogP contribution is -2.85. The van der Waals surface area contributed by atoms with Crippen LogP contribution in [0.4, 0.5) is 0 Å². The van der Waals surface area contributed by atoms with E-state index >= 15 is 0 Å². The number of nitrogens with zero attached hydrogens (tertiary/aromatic N) is 15. The van der Waals surface area contributed by atoms with Crippen LogP contribution in [-0.4, -0.2) is 96.3 Å². The first-order valence-corrected chi connectivity index (χ1v) is 30.0. The minimum Gasteiger partial charge on any atom is -0.339 e. The van der Waals surface area contributed by atoms with Gasteiger partial charge in [0.25, 0.3) is 23.9 Å². The van der Waals surface area contributed by atoms with Gasteiger partial charge >= 0.3 is 0 Å². The summed E-state index contributed by atoms with van der Waals surface area (Å²) in [6, 6.07) is 32.2. The molecule has 2 unspecified atom stereocenters. The first-order chi connectivity index (χ1) is 41.6. The number of imidazole rings is 3. The van der Waals surface area contributed by atoms with Crippen molar-refractivity contribution in [3.63, 3.8) is 0 Å². The number of fused-ring (bicyclic) bond motifs is 3. The second-order valence-electron chi connectivity index (χ2n) is 24.3. The Bertz CT molecular complexity index is 4470. The van der Waals surface area contributed by atoms with Crippen molar-refractivity contribution < 1.29 is 9.13 Å². The lowest BCUT2D eigenvalue weighted by atomic mass is 9.44. The van der Waals surface area contributed by atoms with E-state index in [0.717, 1.165) is 158 Å². The summed E-state index contributed by atoms with van der Waals surface area (Å²) in [5, 5.41) is 25.8. The van der Waals surface area contributed by atoms with Gasteiger partial charge in [0.15, 0.2) is 5.65 Å². The van der Waals surface area contributed by atoms with Crippen LogP contribution in [0, 0.1) is 20.8 Å². The molecule has 17 rings (SSSR count). The van der Waals surface area contributed by atoms with Gasteiger partial charge in [-0.3, -0.25) is 15.0 Å². The van der Waals surface area contributed by atoms with Crippen molar-refractivity contribution in [3.05, 3.63) is 163 Å². The predicted octanol–water partition coefficient (Wildman–Crippen LogP) is 8.61. The molecule has 85 heavy (non-hydrogen) atoms. The fourth-order valence-corrected chi connectivity index (χ4v) is 14.1. The van der Waals surface area contributed by atoms with E-state index in [4.69, 9.17) is 40.1 Å². The van der Waals surface area contributed by atoms with Crippen molar-refractivity contribution >= 4 is 16.9 Å². The number of aryl methyl sites for hydroxylation is 3. The third kappa shape index (κ3) is 9.46. The molecule has 21 nitrogen and oxygen atoms in total. The molecule has 5 aliphatic carbocycles. The number of rotatable bonds is 17. The summed E-state index contributed by atoms with van der Waals surface area (Å²) < 4.78 is 10.5. The highest BCUT2D eigenvalue weighted by molar-refractivity contribution is 5.79. The van der Waals surface area contributed by atoms with Gasteiger partial charge in [-0.1, -0.05) is 46.5 Å². The molecule has 0 aromatic carbocycles. The Morgan fingerprint density at radius 1 is 0.518 bits per heavy atom. The standard InChI is InChI=1S/C64H67N21/c1-39-10-7-15-48(72-39)60-58(75-51(78-60)27-65-45-13-5-4-6-14-45)43-19-24-55-81(37-70-84(55)31-43)47-22-21-46(26-47)66-28-52-76-59(61(79-52)49-16-8-11-40(2)73-49)44-20-25-56-82(38-71-85(56)32-44)64-33-63(34-64,35-64)68-29-53-77-57(42-18-23-54-67-36-69-83(54)30-42)62(80-53)50-17-9-12-41(3)74-50/h7-12,15-20,23-25,30-32,36-38,45-47,65-66,68H,4-6,13-14,21-22,26-29,33-35H2,1-3H3,(H,75,78)(H,76,79)(H,77,80)/q+2. The molecule has 21 heteroatoms. The molecule has 2 atom stereocenters. The molecular weight excluding hydrogens is 1060 g/mol. The third-order valence-corrected chi connectivity index (χ3v) is 18.4. The van der Waals surface area contributed by atoms with E-state index in [0.29, 0.717) is 37.8 Å². The van der Waals surface area contributed by atoms with Crippen molar-refractivity contribution in [1.82, 2.24) is 94.6 Å². The maximum atomic E-state index is 5.30. The third-order valence-electron chi connectivity index (χ3n) is 18.4. The number of hydrogen-bond acceptors (Lipinski definition) is 13. The fourth-order valence-electron chi connectivity index (χ4n) is 14.1. The molecule has 12 aromatic rings. The maximum absolute atomic E-state index is 5.30. The Morgan fingerprint density at radius 3 is 1.65 bits per heavy atom. The van der Waals surface area contributed by atoms with Crippen LogP contribution in [0.25, 0.3) is 84.9 Å². The topological polar surface area (TPSA) is 233 Å². The van der Waals surface area contributed by atoms with E-state index in [-0.39, 0.29) is 11.1 Å². The van der Waals surface area contributed by atoms with Crippen LogP contribution in [0.5, 0.6) is 0 Å². The van der Waals surface area contributed by atoms with Crippen LogP contribution in [0.2, 0.25) is 0 Å². The van der Waals surface area contributed by atoms with E-state index in [9.17, 15) is 0 Å². The monoisotopic (exact) mass is 1130 g/mol. The quantitative estimate of drug-likeness (QED) is 0.0470. The second-order valence-corrected chi connectivity index (χ2v) is 24.3. The Balaban J connectivity index is 0.594. The van der Waals surface area contributed by atoms with Crippen molar-refractivity contribution in [3.8, 4) is 67.9 Å². The maximum Gasteiger partial charge on any atom is 0.266 e. The van der Waals surface area contributed by atoms with Crippen LogP contribution in [0.1, 0.15) is 111 Å². The molecule has 0 amide bonds. The number of H-pyrrole nitrogens is 3. The van der Waals surface area contributed by atoms with E-state index in [1.54, 1.807) is 10.8 Å². The van der Waals surface area contributed by atoms with Gasteiger partial charge in [-0.05, 0) is 114 Å². The summed E-state index contributed by atoms with van der Waals surface area (Å²) in [6.45, 7) is 7.96. The number of aromatic nitrogens is 18. The minimum atomic E-state index is 0.00409. The van der Waals surface area contributed by atoms with Crippen LogP contribution in [0.3, 0.4) is 0 Å². The van der Waals surface area contributed by atoms with E-state index in [1.807, 2.05) is 91.1 Å². The Morgan fingerprint density at radius 2 is 1.05 bits per heavy atom. The predicted molar refractivity (Wildman–Crippen MR) is 319 cm³/mol. The summed E-state index contributed by atoms with van der Waals surface area (Å²) >= 11 is 0. The minimum absolute atomic E-state index is 0.00409.